The van der Waals surface area contributed by atoms with Crippen molar-refractivity contribution < 1.29 is 32.9 Å². The zero-order chi connectivity index (χ0) is 26.6. The van der Waals surface area contributed by atoms with Gasteiger partial charge in [-0.25, -0.2) is 0 Å². The molecule has 0 aromatic carbocycles. The summed E-state index contributed by atoms with van der Waals surface area (Å²) >= 11 is 0. The molecule has 9 heteroatoms. The number of rotatable bonds is 22. The molecule has 35 heavy (non-hydrogen) atoms. The summed E-state index contributed by atoms with van der Waals surface area (Å²) in [4.78, 5) is 24.1. The number of nitrogens with zero attached hydrogens (tertiary/aromatic N) is 1. The highest BCUT2D eigenvalue weighted by atomic mass is 31.2. The van der Waals surface area contributed by atoms with E-state index in [2.05, 4.69) is 24.4 Å². The van der Waals surface area contributed by atoms with Crippen LogP contribution in [0.1, 0.15) is 84.5 Å². The van der Waals surface area contributed by atoms with E-state index in [1.807, 2.05) is 34.1 Å². The van der Waals surface area contributed by atoms with Gasteiger partial charge in [-0.2, -0.15) is 0 Å². The number of nitrogens with one attached hydrogen (secondary N) is 1. The van der Waals surface area contributed by atoms with E-state index in [0.29, 0.717) is 17.4 Å². The van der Waals surface area contributed by atoms with E-state index in [9.17, 15) is 19.4 Å². The number of phosphoric ester groups is 1. The van der Waals surface area contributed by atoms with Crippen LogP contribution in [0.3, 0.4) is 0 Å². The van der Waals surface area contributed by atoms with Crippen molar-refractivity contribution in [3.05, 3.63) is 24.3 Å². The van der Waals surface area contributed by atoms with Crippen molar-refractivity contribution in [1.29, 1.82) is 0 Å². The smallest absolute Gasteiger partial charge is 0.268 e. The van der Waals surface area contributed by atoms with Crippen LogP contribution in [0.4, 0.5) is 0 Å². The van der Waals surface area contributed by atoms with Crippen LogP contribution in [-0.4, -0.2) is 68.5 Å². The summed E-state index contributed by atoms with van der Waals surface area (Å²) < 4.78 is 22.5. The molecular weight excluding hydrogens is 467 g/mol. The second-order valence-electron chi connectivity index (χ2n) is 10.0. The minimum atomic E-state index is -4.55. The molecule has 3 atom stereocenters. The number of likely N-dealkylation sites (N-methyl/N-ethyl adjacent to an activating group) is 1. The van der Waals surface area contributed by atoms with Crippen molar-refractivity contribution in [2.24, 2.45) is 0 Å². The number of unbranched alkanes of at least 4 members (excludes halogenated alkanes) is 7. The average Bonchev–Trinajstić information content (AvgIpc) is 2.76. The maximum atomic E-state index is 12.1. The van der Waals surface area contributed by atoms with Gasteiger partial charge in [0.1, 0.15) is 13.2 Å². The summed E-state index contributed by atoms with van der Waals surface area (Å²) in [6.07, 6.45) is 18.0. The molecule has 0 aromatic heterocycles. The van der Waals surface area contributed by atoms with Gasteiger partial charge in [0.25, 0.3) is 7.82 Å². The van der Waals surface area contributed by atoms with Crippen molar-refractivity contribution in [1.82, 2.24) is 5.32 Å². The Balaban J connectivity index is 4.52. The highest BCUT2D eigenvalue weighted by Crippen LogP contribution is 2.38. The van der Waals surface area contributed by atoms with Crippen LogP contribution in [-0.2, 0) is 18.4 Å². The zero-order valence-corrected chi connectivity index (χ0v) is 23.6. The van der Waals surface area contributed by atoms with Gasteiger partial charge in [-0.15, -0.1) is 0 Å². The molecule has 0 bridgehead atoms. The molecule has 0 aromatic rings. The lowest BCUT2D eigenvalue weighted by atomic mass is 10.1. The summed E-state index contributed by atoms with van der Waals surface area (Å²) in [5.41, 5.74) is 0. The van der Waals surface area contributed by atoms with Gasteiger partial charge in [-0.05, 0) is 32.1 Å². The van der Waals surface area contributed by atoms with Crippen molar-refractivity contribution in [3.63, 3.8) is 0 Å². The first-order valence-corrected chi connectivity index (χ1v) is 14.7. The molecule has 1 amide bonds. The minimum absolute atomic E-state index is 0.00797. The monoisotopic (exact) mass is 518 g/mol. The molecule has 2 N–H and O–H groups in total. The van der Waals surface area contributed by atoms with E-state index in [1.165, 1.54) is 38.5 Å². The predicted molar refractivity (Wildman–Crippen MR) is 141 cm³/mol. The topological polar surface area (TPSA) is 108 Å². The van der Waals surface area contributed by atoms with E-state index < -0.39 is 26.6 Å². The number of carbonyl (C=O) groups excluding carboxylic acids is 1. The fourth-order valence-electron chi connectivity index (χ4n) is 3.21. The van der Waals surface area contributed by atoms with Gasteiger partial charge in [0, 0.05) is 6.42 Å². The molecule has 0 rings (SSSR count). The van der Waals surface area contributed by atoms with Crippen LogP contribution in [0.2, 0.25) is 0 Å². The largest absolute Gasteiger partial charge is 0.756 e. The van der Waals surface area contributed by atoms with E-state index in [0.717, 1.165) is 19.3 Å². The SMILES string of the molecule is CCCCCCCC/C=C/CC/C=C/C(O)C(COP(=O)([O-])OCC[N+](C)(C)C)NC(=O)CCC. The first-order valence-electron chi connectivity index (χ1n) is 13.2. The Hall–Kier alpha value is -1.02. The first kappa shape index (κ1) is 34.0. The van der Waals surface area contributed by atoms with Gasteiger partial charge in [0.05, 0.1) is 39.9 Å². The lowest BCUT2D eigenvalue weighted by Crippen LogP contribution is -2.45. The number of hydrogen-bond acceptors (Lipinski definition) is 6. The third kappa shape index (κ3) is 21.9. The molecule has 0 aliphatic carbocycles. The third-order valence-corrected chi connectivity index (χ3v) is 6.35. The highest BCUT2D eigenvalue weighted by Gasteiger charge is 2.22. The van der Waals surface area contributed by atoms with Gasteiger partial charge in [0.15, 0.2) is 0 Å². The molecule has 0 aliphatic heterocycles. The normalized spacial score (nSPS) is 16.0. The van der Waals surface area contributed by atoms with E-state index >= 15 is 0 Å². The Morgan fingerprint density at radius 2 is 1.60 bits per heavy atom. The molecule has 3 unspecified atom stereocenters. The van der Waals surface area contributed by atoms with Crippen molar-refractivity contribution in [2.75, 3.05) is 40.9 Å². The van der Waals surface area contributed by atoms with E-state index in [-0.39, 0.29) is 18.9 Å². The van der Waals surface area contributed by atoms with E-state index in [1.54, 1.807) is 6.08 Å². The van der Waals surface area contributed by atoms with Crippen molar-refractivity contribution in [2.45, 2.75) is 96.6 Å². The van der Waals surface area contributed by atoms with Crippen LogP contribution in [0.25, 0.3) is 0 Å². The molecule has 0 radical (unpaired) electrons. The van der Waals surface area contributed by atoms with Crippen LogP contribution < -0.4 is 10.2 Å². The van der Waals surface area contributed by atoms with Crippen LogP contribution in [0, 0.1) is 0 Å². The number of amides is 1. The fourth-order valence-corrected chi connectivity index (χ4v) is 3.93. The van der Waals surface area contributed by atoms with Gasteiger partial charge >= 0.3 is 0 Å². The molecule has 0 spiro atoms. The predicted octanol–water partition coefficient (Wildman–Crippen LogP) is 4.48. The molecule has 0 fully saturated rings. The summed E-state index contributed by atoms with van der Waals surface area (Å²) in [5, 5.41) is 13.2. The maximum Gasteiger partial charge on any atom is 0.268 e. The second kappa shape index (κ2) is 20.1. The summed E-state index contributed by atoms with van der Waals surface area (Å²) in [6, 6.07) is -0.891. The Kier molecular flexibility index (Phi) is 19.5. The van der Waals surface area contributed by atoms with Crippen LogP contribution in [0.5, 0.6) is 0 Å². The Morgan fingerprint density at radius 3 is 2.26 bits per heavy atom. The zero-order valence-electron chi connectivity index (χ0n) is 22.7. The van der Waals surface area contributed by atoms with Gasteiger partial charge in [-0.3, -0.25) is 9.36 Å². The van der Waals surface area contributed by atoms with Crippen LogP contribution >= 0.6 is 7.82 Å². The quantitative estimate of drug-likeness (QED) is 0.0947. The second-order valence-corrected chi connectivity index (χ2v) is 11.4. The van der Waals surface area contributed by atoms with E-state index in [4.69, 9.17) is 9.05 Å². The standard InChI is InChI=1S/C26H51N2O6P/c1-6-8-9-10-11-12-13-14-15-16-17-18-20-25(29)24(27-26(30)19-7-2)23-34-35(31,32)33-22-21-28(3,4)5/h14-15,18,20,24-25,29H,6-13,16-17,19,21-23H2,1-5H3,(H-,27,30,31,32)/b15-14+,20-18+. The number of aliphatic hydroxyl groups excluding tert-OH is 1. The Morgan fingerprint density at radius 1 is 0.971 bits per heavy atom. The number of quaternary nitrogens is 1. The highest BCUT2D eigenvalue weighted by molar-refractivity contribution is 7.45. The summed E-state index contributed by atoms with van der Waals surface area (Å²) in [5.74, 6) is -0.266. The minimum Gasteiger partial charge on any atom is -0.756 e. The molecule has 0 heterocycles. The van der Waals surface area contributed by atoms with Gasteiger partial charge in [0.2, 0.25) is 5.91 Å². The average molecular weight is 519 g/mol. The Labute approximate surface area is 214 Å². The van der Waals surface area contributed by atoms with Crippen molar-refractivity contribution in [3.8, 4) is 0 Å². The number of phosphoric acid groups is 1. The number of aliphatic hydroxyl groups is 1. The number of hydrogen-bond donors (Lipinski definition) is 2. The van der Waals surface area contributed by atoms with Gasteiger partial charge < -0.3 is 28.8 Å². The lowest BCUT2D eigenvalue weighted by Gasteiger charge is -2.29. The van der Waals surface area contributed by atoms with Crippen molar-refractivity contribution >= 4 is 13.7 Å². The maximum absolute atomic E-state index is 12.1. The fraction of sp³-hybridized carbons (Fsp3) is 0.808. The lowest BCUT2D eigenvalue weighted by molar-refractivity contribution is -0.870. The molecule has 8 nitrogen and oxygen atoms in total. The first-order chi connectivity index (χ1) is 16.5. The summed E-state index contributed by atoms with van der Waals surface area (Å²) in [7, 11) is 1.23. The molecule has 0 saturated carbocycles. The van der Waals surface area contributed by atoms with Crippen LogP contribution in [0.15, 0.2) is 24.3 Å². The molecule has 206 valence electrons. The molecule has 0 aliphatic rings. The van der Waals surface area contributed by atoms with Gasteiger partial charge in [-0.1, -0.05) is 70.3 Å². The molecular formula is C26H51N2O6P. The number of carbonyl (C=O) groups is 1. The number of allylic oxidation sites excluding steroid dienone is 3. The molecule has 0 saturated heterocycles. The summed E-state index contributed by atoms with van der Waals surface area (Å²) in [6.45, 7) is 4.18. The third-order valence-electron chi connectivity index (χ3n) is 5.38. The Bertz CT molecular complexity index is 648.